The summed E-state index contributed by atoms with van der Waals surface area (Å²) in [6.07, 6.45) is 0. The molecule has 2 aromatic rings. The largest absolute Gasteiger partial charge is 0.456 e. The van der Waals surface area contributed by atoms with Gasteiger partial charge in [-0.1, -0.05) is 29.3 Å². The lowest BCUT2D eigenvalue weighted by atomic mass is 10.1. The predicted molar refractivity (Wildman–Crippen MR) is 80.5 cm³/mol. The number of ether oxygens (including phenoxy) is 1. The van der Waals surface area contributed by atoms with Gasteiger partial charge in [0, 0.05) is 12.6 Å². The molecule has 0 amide bonds. The lowest BCUT2D eigenvalue weighted by Gasteiger charge is -2.09. The summed E-state index contributed by atoms with van der Waals surface area (Å²) in [4.78, 5) is 0. The molecule has 0 aliphatic carbocycles. The summed E-state index contributed by atoms with van der Waals surface area (Å²) < 4.78 is 5.68. The second-order valence-electron chi connectivity index (χ2n) is 4.15. The van der Waals surface area contributed by atoms with Gasteiger partial charge in [0.15, 0.2) is 0 Å². The standard InChI is InChI=1S/C15H12Cl2N2O/c1-19-9-10-2-5-15(11(6-10)8-18)20-12-3-4-13(16)14(17)7-12/h2-7,19H,9H2,1H3. The fourth-order valence-corrected chi connectivity index (χ4v) is 2.02. The molecule has 0 saturated heterocycles. The second kappa shape index (κ2) is 6.62. The van der Waals surface area contributed by atoms with Crippen LogP contribution in [-0.2, 0) is 6.54 Å². The zero-order chi connectivity index (χ0) is 14.5. The molecule has 1 N–H and O–H groups in total. The molecule has 0 atom stereocenters. The summed E-state index contributed by atoms with van der Waals surface area (Å²) in [6.45, 7) is 0.696. The average Bonchev–Trinajstić information content (AvgIpc) is 2.45. The summed E-state index contributed by atoms with van der Waals surface area (Å²) in [6, 6.07) is 12.6. The van der Waals surface area contributed by atoms with E-state index >= 15 is 0 Å². The first kappa shape index (κ1) is 14.7. The Morgan fingerprint density at radius 2 is 1.95 bits per heavy atom. The highest BCUT2D eigenvalue weighted by Gasteiger charge is 2.07. The molecule has 0 aromatic heterocycles. The van der Waals surface area contributed by atoms with Crippen molar-refractivity contribution in [3.8, 4) is 17.6 Å². The Labute approximate surface area is 127 Å². The van der Waals surface area contributed by atoms with E-state index in [-0.39, 0.29) is 0 Å². The maximum absolute atomic E-state index is 9.19. The smallest absolute Gasteiger partial charge is 0.145 e. The van der Waals surface area contributed by atoms with Crippen LogP contribution in [0.15, 0.2) is 36.4 Å². The summed E-state index contributed by atoms with van der Waals surface area (Å²) in [5, 5.41) is 13.1. The Bertz CT molecular complexity index is 665. The van der Waals surface area contributed by atoms with Gasteiger partial charge in [-0.3, -0.25) is 0 Å². The third kappa shape index (κ3) is 3.43. The van der Waals surface area contributed by atoms with Gasteiger partial charge < -0.3 is 10.1 Å². The lowest BCUT2D eigenvalue weighted by molar-refractivity contribution is 0.481. The Balaban J connectivity index is 2.28. The number of hydrogen-bond acceptors (Lipinski definition) is 3. The number of nitrogens with one attached hydrogen (secondary N) is 1. The molecule has 0 fully saturated rings. The van der Waals surface area contributed by atoms with Crippen molar-refractivity contribution in [1.29, 1.82) is 5.26 Å². The number of nitriles is 1. The summed E-state index contributed by atoms with van der Waals surface area (Å²) in [5.74, 6) is 1.03. The van der Waals surface area contributed by atoms with Gasteiger partial charge in [-0.05, 0) is 36.9 Å². The molecule has 0 heterocycles. The first-order valence-electron chi connectivity index (χ1n) is 5.94. The van der Waals surface area contributed by atoms with Crippen LogP contribution in [-0.4, -0.2) is 7.05 Å². The van der Waals surface area contributed by atoms with E-state index in [1.54, 1.807) is 30.3 Å². The van der Waals surface area contributed by atoms with Crippen LogP contribution in [0.5, 0.6) is 11.5 Å². The van der Waals surface area contributed by atoms with Crippen molar-refractivity contribution in [1.82, 2.24) is 5.32 Å². The minimum absolute atomic E-state index is 0.412. The van der Waals surface area contributed by atoms with E-state index < -0.39 is 0 Å². The average molecular weight is 307 g/mol. The first-order valence-corrected chi connectivity index (χ1v) is 6.70. The summed E-state index contributed by atoms with van der Waals surface area (Å²) in [5.41, 5.74) is 1.49. The Morgan fingerprint density at radius 1 is 1.15 bits per heavy atom. The van der Waals surface area contributed by atoms with Crippen LogP contribution in [0.1, 0.15) is 11.1 Å². The van der Waals surface area contributed by atoms with Gasteiger partial charge in [0.1, 0.15) is 17.6 Å². The third-order valence-electron chi connectivity index (χ3n) is 2.66. The molecular weight excluding hydrogens is 295 g/mol. The zero-order valence-corrected chi connectivity index (χ0v) is 12.3. The van der Waals surface area contributed by atoms with Gasteiger partial charge in [0.05, 0.1) is 15.6 Å². The van der Waals surface area contributed by atoms with Crippen molar-refractivity contribution < 1.29 is 4.74 Å². The van der Waals surface area contributed by atoms with Crippen molar-refractivity contribution >= 4 is 23.2 Å². The number of benzene rings is 2. The van der Waals surface area contributed by atoms with Crippen molar-refractivity contribution in [2.24, 2.45) is 0 Å². The van der Waals surface area contributed by atoms with Crippen LogP contribution in [0.3, 0.4) is 0 Å². The maximum atomic E-state index is 9.19. The molecule has 20 heavy (non-hydrogen) atoms. The van der Waals surface area contributed by atoms with Crippen molar-refractivity contribution in [2.45, 2.75) is 6.54 Å². The van der Waals surface area contributed by atoms with E-state index in [1.807, 2.05) is 13.1 Å². The lowest BCUT2D eigenvalue weighted by Crippen LogP contribution is -2.05. The molecule has 0 unspecified atom stereocenters. The maximum Gasteiger partial charge on any atom is 0.145 e. The van der Waals surface area contributed by atoms with Gasteiger partial charge in [-0.2, -0.15) is 5.26 Å². The molecule has 2 aromatic carbocycles. The van der Waals surface area contributed by atoms with E-state index in [1.165, 1.54) is 0 Å². The van der Waals surface area contributed by atoms with Gasteiger partial charge in [0.2, 0.25) is 0 Å². The Hall–Kier alpha value is -1.73. The van der Waals surface area contributed by atoms with Gasteiger partial charge in [-0.15, -0.1) is 0 Å². The highest BCUT2D eigenvalue weighted by Crippen LogP contribution is 2.31. The molecule has 3 nitrogen and oxygen atoms in total. The Kier molecular flexibility index (Phi) is 4.86. The van der Waals surface area contributed by atoms with E-state index in [0.717, 1.165) is 5.56 Å². The first-order chi connectivity index (χ1) is 9.63. The summed E-state index contributed by atoms with van der Waals surface area (Å²) in [7, 11) is 1.85. The predicted octanol–water partition coefficient (Wildman–Crippen LogP) is 4.38. The fourth-order valence-electron chi connectivity index (χ4n) is 1.73. The normalized spacial score (nSPS) is 10.1. The third-order valence-corrected chi connectivity index (χ3v) is 3.40. The topological polar surface area (TPSA) is 45.0 Å². The number of hydrogen-bond donors (Lipinski definition) is 1. The van der Waals surface area contributed by atoms with Gasteiger partial charge in [-0.25, -0.2) is 0 Å². The number of nitrogens with zero attached hydrogens (tertiary/aromatic N) is 1. The molecule has 0 aliphatic rings. The molecule has 102 valence electrons. The molecule has 0 bridgehead atoms. The number of halogens is 2. The van der Waals surface area contributed by atoms with Crippen LogP contribution in [0, 0.1) is 11.3 Å². The molecule has 5 heteroatoms. The zero-order valence-electron chi connectivity index (χ0n) is 10.8. The molecule has 0 saturated carbocycles. The molecule has 0 radical (unpaired) electrons. The van der Waals surface area contributed by atoms with E-state index in [4.69, 9.17) is 27.9 Å². The number of rotatable bonds is 4. The van der Waals surface area contributed by atoms with Gasteiger partial charge >= 0.3 is 0 Å². The van der Waals surface area contributed by atoms with Crippen LogP contribution >= 0.6 is 23.2 Å². The van der Waals surface area contributed by atoms with Crippen LogP contribution < -0.4 is 10.1 Å². The van der Waals surface area contributed by atoms with Gasteiger partial charge in [0.25, 0.3) is 0 Å². The molecule has 2 rings (SSSR count). The monoisotopic (exact) mass is 306 g/mol. The SMILES string of the molecule is CNCc1ccc(Oc2ccc(Cl)c(Cl)c2)c(C#N)c1. The summed E-state index contributed by atoms with van der Waals surface area (Å²) >= 11 is 11.8. The molecular formula is C15H12Cl2N2O. The van der Waals surface area contributed by atoms with Crippen molar-refractivity contribution in [2.75, 3.05) is 7.05 Å². The van der Waals surface area contributed by atoms with Crippen LogP contribution in [0.25, 0.3) is 0 Å². The minimum atomic E-state index is 0.412. The van der Waals surface area contributed by atoms with Crippen LogP contribution in [0.2, 0.25) is 10.0 Å². The van der Waals surface area contributed by atoms with Crippen LogP contribution in [0.4, 0.5) is 0 Å². The van der Waals surface area contributed by atoms with E-state index in [0.29, 0.717) is 33.7 Å². The fraction of sp³-hybridized carbons (Fsp3) is 0.133. The van der Waals surface area contributed by atoms with E-state index in [2.05, 4.69) is 11.4 Å². The molecule has 0 spiro atoms. The minimum Gasteiger partial charge on any atom is -0.456 e. The highest BCUT2D eigenvalue weighted by atomic mass is 35.5. The van der Waals surface area contributed by atoms with E-state index in [9.17, 15) is 5.26 Å². The van der Waals surface area contributed by atoms with Crippen molar-refractivity contribution in [3.05, 3.63) is 57.6 Å². The quantitative estimate of drug-likeness (QED) is 0.912. The molecule has 0 aliphatic heterocycles. The Morgan fingerprint density at radius 3 is 2.60 bits per heavy atom. The highest BCUT2D eigenvalue weighted by molar-refractivity contribution is 6.42. The second-order valence-corrected chi connectivity index (χ2v) is 4.97. The van der Waals surface area contributed by atoms with Crippen molar-refractivity contribution in [3.63, 3.8) is 0 Å².